The predicted octanol–water partition coefficient (Wildman–Crippen LogP) is 6.02. The van der Waals surface area contributed by atoms with Crippen LogP contribution in [0.25, 0.3) is 11.3 Å². The number of carbonyl (C=O) groups is 2. The van der Waals surface area contributed by atoms with Crippen molar-refractivity contribution in [1.82, 2.24) is 4.90 Å². The lowest BCUT2D eigenvalue weighted by Gasteiger charge is -2.37. The van der Waals surface area contributed by atoms with Gasteiger partial charge in [-0.1, -0.05) is 31.4 Å². The van der Waals surface area contributed by atoms with Gasteiger partial charge in [0.15, 0.2) is 0 Å². The van der Waals surface area contributed by atoms with Gasteiger partial charge >= 0.3 is 5.97 Å². The number of benzene rings is 1. The van der Waals surface area contributed by atoms with Crippen LogP contribution in [-0.4, -0.2) is 47.1 Å². The van der Waals surface area contributed by atoms with Gasteiger partial charge in [0.1, 0.15) is 5.76 Å². The van der Waals surface area contributed by atoms with Gasteiger partial charge in [-0.25, -0.2) is 0 Å². The van der Waals surface area contributed by atoms with Crippen LogP contribution in [0.5, 0.6) is 0 Å². The minimum Gasteiger partial charge on any atom is -0.481 e. The lowest BCUT2D eigenvalue weighted by Crippen LogP contribution is -2.44. The number of rotatable bonds is 12. The second-order valence-corrected chi connectivity index (χ2v) is 8.96. The van der Waals surface area contributed by atoms with Gasteiger partial charge in [-0.2, -0.15) is 0 Å². The smallest absolute Gasteiger partial charge is 0.303 e. The first-order chi connectivity index (χ1) is 16.7. The van der Waals surface area contributed by atoms with Gasteiger partial charge in [-0.15, -0.1) is 0 Å². The Morgan fingerprint density at radius 3 is 2.58 bits per heavy atom. The molecule has 33 heavy (non-hydrogen) atoms. The summed E-state index contributed by atoms with van der Waals surface area (Å²) in [7, 11) is 0. The highest BCUT2D eigenvalue weighted by atomic mass is 16.5. The lowest BCUT2D eigenvalue weighted by molar-refractivity contribution is -0.137. The molecule has 1 amide bonds. The largest absolute Gasteiger partial charge is 0.481 e. The zero-order valence-corrected chi connectivity index (χ0v) is 19.7. The van der Waals surface area contributed by atoms with Crippen LogP contribution in [0.15, 0.2) is 47.1 Å². The van der Waals surface area contributed by atoms with E-state index in [1.165, 1.54) is 4.90 Å². The molecule has 1 saturated carbocycles. The van der Waals surface area contributed by atoms with Crippen molar-refractivity contribution in [3.8, 4) is 11.3 Å². The van der Waals surface area contributed by atoms with Gasteiger partial charge in [-0.05, 0) is 63.8 Å². The number of nitrogens with zero attached hydrogens (tertiary/aromatic N) is 1. The summed E-state index contributed by atoms with van der Waals surface area (Å²) in [5, 5.41) is 8.77. The summed E-state index contributed by atoms with van der Waals surface area (Å²) >= 11 is 0. The summed E-state index contributed by atoms with van der Waals surface area (Å²) < 4.78 is 29.7. The van der Waals surface area contributed by atoms with Gasteiger partial charge < -0.3 is 19.2 Å². The van der Waals surface area contributed by atoms with E-state index in [4.69, 9.17) is 17.0 Å². The first kappa shape index (κ1) is 22.2. The van der Waals surface area contributed by atoms with Crippen LogP contribution in [0, 0.1) is 5.92 Å². The average Bonchev–Trinajstić information content (AvgIpc) is 3.36. The Bertz CT molecular complexity index is 943. The third-order valence-electron chi connectivity index (χ3n) is 6.05. The lowest BCUT2D eigenvalue weighted by atomic mass is 9.85. The molecule has 2 atom stereocenters. The SMILES string of the molecule is [2H]C([2H])(C1CCCCC1OCCCCCC(=O)O)N(C(=O)c1ccc(-c2ccco2)cc1)C(C)C. The number of hydrogen-bond donors (Lipinski definition) is 1. The van der Waals surface area contributed by atoms with Gasteiger partial charge in [-0.3, -0.25) is 9.59 Å². The maximum atomic E-state index is 13.5. The first-order valence-electron chi connectivity index (χ1n) is 13.0. The molecule has 1 N–H and O–H groups in total. The molecule has 1 heterocycles. The van der Waals surface area contributed by atoms with Crippen LogP contribution in [0.4, 0.5) is 0 Å². The van der Waals surface area contributed by atoms with E-state index >= 15 is 0 Å². The topological polar surface area (TPSA) is 80.0 Å². The van der Waals surface area contributed by atoms with Crippen LogP contribution in [0.2, 0.25) is 0 Å². The maximum Gasteiger partial charge on any atom is 0.303 e. The molecule has 1 aromatic carbocycles. The molecule has 1 fully saturated rings. The summed E-state index contributed by atoms with van der Waals surface area (Å²) in [4.78, 5) is 25.6. The van der Waals surface area contributed by atoms with Gasteiger partial charge in [0.25, 0.3) is 5.91 Å². The molecule has 0 saturated heterocycles. The first-order valence-corrected chi connectivity index (χ1v) is 12.0. The van der Waals surface area contributed by atoms with Crippen molar-refractivity contribution in [3.05, 3.63) is 48.2 Å². The van der Waals surface area contributed by atoms with Gasteiger partial charge in [0, 0.05) is 45.4 Å². The number of unbranched alkanes of at least 4 members (excludes halogenated alkanes) is 2. The third-order valence-corrected chi connectivity index (χ3v) is 6.05. The second kappa shape index (κ2) is 12.6. The molecule has 1 aliphatic carbocycles. The molecular weight excluding hydrogens is 418 g/mol. The quantitative estimate of drug-likeness (QED) is 0.394. The van der Waals surface area contributed by atoms with Gasteiger partial charge in [0.2, 0.25) is 0 Å². The molecule has 1 aliphatic rings. The summed E-state index contributed by atoms with van der Waals surface area (Å²) in [6.07, 6.45) is 6.90. The minimum atomic E-state index is -1.88. The van der Waals surface area contributed by atoms with Crippen molar-refractivity contribution in [3.63, 3.8) is 0 Å². The molecule has 0 radical (unpaired) electrons. The fraction of sp³-hybridized carbons (Fsp3) is 0.556. The van der Waals surface area contributed by atoms with E-state index in [-0.39, 0.29) is 24.5 Å². The van der Waals surface area contributed by atoms with E-state index in [0.717, 1.165) is 37.7 Å². The number of carbonyl (C=O) groups excluding carboxylic acids is 1. The van der Waals surface area contributed by atoms with Crippen LogP contribution in [0.3, 0.4) is 0 Å². The Balaban J connectivity index is 1.70. The molecule has 6 heteroatoms. The average molecular weight is 458 g/mol. The Hall–Kier alpha value is -2.60. The highest BCUT2D eigenvalue weighted by molar-refractivity contribution is 5.94. The Labute approximate surface area is 199 Å². The Kier molecular flexibility index (Phi) is 8.47. The van der Waals surface area contributed by atoms with Crippen LogP contribution >= 0.6 is 0 Å². The molecular formula is C27H37NO5. The standard InChI is InChI=1S/C27H37NO5/c1-20(2)28(27(31)22-15-13-21(14-16-22)24-11-8-18-33-24)19-23-9-5-6-10-25(23)32-17-7-3-4-12-26(29)30/h8,11,13-16,18,20,23,25H,3-7,9-10,12,17,19H2,1-2H3,(H,29,30)/i19D2. The monoisotopic (exact) mass is 457 g/mol. The van der Waals surface area contributed by atoms with Crippen molar-refractivity contribution in [2.75, 3.05) is 13.1 Å². The van der Waals surface area contributed by atoms with Crippen molar-refractivity contribution < 1.29 is 26.6 Å². The van der Waals surface area contributed by atoms with Gasteiger partial charge in [0.05, 0.1) is 12.4 Å². The van der Waals surface area contributed by atoms with Crippen molar-refractivity contribution in [2.24, 2.45) is 5.92 Å². The Morgan fingerprint density at radius 1 is 1.15 bits per heavy atom. The van der Waals surface area contributed by atoms with E-state index in [2.05, 4.69) is 0 Å². The summed E-state index contributed by atoms with van der Waals surface area (Å²) in [6.45, 7) is 2.28. The Morgan fingerprint density at radius 2 is 1.91 bits per heavy atom. The number of carboxylic acids is 1. The van der Waals surface area contributed by atoms with E-state index in [0.29, 0.717) is 30.8 Å². The zero-order chi connectivity index (χ0) is 25.4. The zero-order valence-electron chi connectivity index (χ0n) is 21.7. The number of ether oxygens (including phenoxy) is 1. The van der Waals surface area contributed by atoms with Crippen LogP contribution in [-0.2, 0) is 9.53 Å². The normalized spacial score (nSPS) is 19.7. The second-order valence-electron chi connectivity index (χ2n) is 8.96. The molecule has 0 bridgehead atoms. The minimum absolute atomic E-state index is 0.155. The number of furan rings is 1. The van der Waals surface area contributed by atoms with Crippen LogP contribution in [0.1, 0.15) is 78.3 Å². The van der Waals surface area contributed by atoms with E-state index < -0.39 is 18.4 Å². The number of aliphatic carboxylic acids is 1. The molecule has 2 aromatic rings. The summed E-state index contributed by atoms with van der Waals surface area (Å²) in [5.41, 5.74) is 1.29. The molecule has 2 unspecified atom stereocenters. The fourth-order valence-electron chi connectivity index (χ4n) is 4.21. The van der Waals surface area contributed by atoms with E-state index in [1.54, 1.807) is 18.4 Å². The summed E-state index contributed by atoms with van der Waals surface area (Å²) in [6, 6.07) is 10.4. The summed E-state index contributed by atoms with van der Waals surface area (Å²) in [5.74, 6) is -0.844. The highest BCUT2D eigenvalue weighted by Gasteiger charge is 2.30. The third kappa shape index (κ3) is 7.46. The van der Waals surface area contributed by atoms with Crippen molar-refractivity contribution in [1.29, 1.82) is 0 Å². The molecule has 3 rings (SSSR count). The predicted molar refractivity (Wildman–Crippen MR) is 128 cm³/mol. The van der Waals surface area contributed by atoms with Crippen molar-refractivity contribution >= 4 is 11.9 Å². The molecule has 180 valence electrons. The number of amides is 1. The number of carboxylic acid groups (broad SMARTS) is 1. The number of hydrogen-bond acceptors (Lipinski definition) is 4. The molecule has 1 aromatic heterocycles. The molecule has 0 aliphatic heterocycles. The van der Waals surface area contributed by atoms with E-state index in [1.807, 2.05) is 38.1 Å². The van der Waals surface area contributed by atoms with Crippen LogP contribution < -0.4 is 0 Å². The van der Waals surface area contributed by atoms with Crippen molar-refractivity contribution in [2.45, 2.75) is 77.4 Å². The van der Waals surface area contributed by atoms with E-state index in [9.17, 15) is 9.59 Å². The molecule has 0 spiro atoms. The maximum absolute atomic E-state index is 13.5. The molecule has 6 nitrogen and oxygen atoms in total. The fourth-order valence-corrected chi connectivity index (χ4v) is 4.21. The highest BCUT2D eigenvalue weighted by Crippen LogP contribution is 2.29.